The molecule has 1 saturated heterocycles. The van der Waals surface area contributed by atoms with E-state index >= 15 is 0 Å². The average Bonchev–Trinajstić information content (AvgIpc) is 2.05. The molecule has 1 unspecified atom stereocenters. The van der Waals surface area contributed by atoms with Gasteiger partial charge in [-0.15, -0.1) is 0 Å². The highest BCUT2D eigenvalue weighted by atomic mass is 79.9. The van der Waals surface area contributed by atoms with Gasteiger partial charge in [0, 0.05) is 18.4 Å². The lowest BCUT2D eigenvalue weighted by Crippen LogP contribution is -2.39. The number of alkyl halides is 1. The van der Waals surface area contributed by atoms with Gasteiger partial charge in [-0.05, 0) is 25.2 Å². The van der Waals surface area contributed by atoms with E-state index in [1.165, 1.54) is 11.3 Å². The van der Waals surface area contributed by atoms with Crippen molar-refractivity contribution in [1.29, 1.82) is 0 Å². The summed E-state index contributed by atoms with van der Waals surface area (Å²) < 4.78 is 0. The number of hydrogen-bond acceptors (Lipinski definition) is 1. The lowest BCUT2D eigenvalue weighted by molar-refractivity contribution is 0.119. The summed E-state index contributed by atoms with van der Waals surface area (Å²) in [6.07, 6.45) is 2.51. The number of halogens is 1. The summed E-state index contributed by atoms with van der Waals surface area (Å²) >= 11 is 3.38. The smallest absolute Gasteiger partial charge is 0.407 e. The van der Waals surface area contributed by atoms with E-state index in [9.17, 15) is 4.79 Å². The standard InChI is InChI=1S/C8H14BrNO2/c9-4-3-7-2-1-5-10(6-7)8(11)12/h7H,1-6H2,(H,11,12). The molecular weight excluding hydrogens is 222 g/mol. The first kappa shape index (κ1) is 9.84. The summed E-state index contributed by atoms with van der Waals surface area (Å²) in [5, 5.41) is 9.72. The van der Waals surface area contributed by atoms with Crippen LogP contribution in [0.25, 0.3) is 0 Å². The largest absolute Gasteiger partial charge is 0.465 e. The van der Waals surface area contributed by atoms with Gasteiger partial charge in [0.15, 0.2) is 0 Å². The third kappa shape index (κ3) is 2.66. The average molecular weight is 236 g/mol. The van der Waals surface area contributed by atoms with E-state index in [1.54, 1.807) is 0 Å². The third-order valence-electron chi connectivity index (χ3n) is 2.31. The molecule has 0 saturated carbocycles. The summed E-state index contributed by atoms with van der Waals surface area (Å²) in [4.78, 5) is 12.1. The van der Waals surface area contributed by atoms with Crippen molar-refractivity contribution >= 4 is 22.0 Å². The molecule has 1 heterocycles. The van der Waals surface area contributed by atoms with Gasteiger partial charge in [-0.2, -0.15) is 0 Å². The zero-order valence-electron chi connectivity index (χ0n) is 7.00. The van der Waals surface area contributed by atoms with Gasteiger partial charge < -0.3 is 10.0 Å². The number of nitrogens with zero attached hydrogens (tertiary/aromatic N) is 1. The molecule has 0 spiro atoms. The minimum Gasteiger partial charge on any atom is -0.465 e. The number of carboxylic acid groups (broad SMARTS) is 1. The summed E-state index contributed by atoms with van der Waals surface area (Å²) in [5.74, 6) is 0.564. The second kappa shape index (κ2) is 4.70. The topological polar surface area (TPSA) is 40.5 Å². The Labute approximate surface area is 80.9 Å². The highest BCUT2D eigenvalue weighted by molar-refractivity contribution is 9.09. The highest BCUT2D eigenvalue weighted by Gasteiger charge is 2.22. The lowest BCUT2D eigenvalue weighted by Gasteiger charge is -2.30. The zero-order valence-corrected chi connectivity index (χ0v) is 8.59. The SMILES string of the molecule is O=C(O)N1CCCC(CCBr)C1. The molecule has 1 rings (SSSR count). The van der Waals surface area contributed by atoms with Gasteiger partial charge in [-0.25, -0.2) is 4.79 Å². The Bertz CT molecular complexity index is 161. The molecule has 0 aromatic heterocycles. The number of likely N-dealkylation sites (tertiary alicyclic amines) is 1. The van der Waals surface area contributed by atoms with Crippen LogP contribution >= 0.6 is 15.9 Å². The Morgan fingerprint density at radius 2 is 2.42 bits per heavy atom. The van der Waals surface area contributed by atoms with Gasteiger partial charge in [-0.3, -0.25) is 0 Å². The van der Waals surface area contributed by atoms with Gasteiger partial charge >= 0.3 is 6.09 Å². The van der Waals surface area contributed by atoms with Crippen LogP contribution in [0.5, 0.6) is 0 Å². The quantitative estimate of drug-likeness (QED) is 0.746. The summed E-state index contributed by atoms with van der Waals surface area (Å²) in [6, 6.07) is 0. The van der Waals surface area contributed by atoms with E-state index in [0.29, 0.717) is 12.5 Å². The van der Waals surface area contributed by atoms with Crippen molar-refractivity contribution in [3.8, 4) is 0 Å². The van der Waals surface area contributed by atoms with Crippen LogP contribution in [0.2, 0.25) is 0 Å². The van der Waals surface area contributed by atoms with Crippen LogP contribution < -0.4 is 0 Å². The minimum absolute atomic E-state index is 0.564. The van der Waals surface area contributed by atoms with Gasteiger partial charge in [0.05, 0.1) is 0 Å². The van der Waals surface area contributed by atoms with Crippen LogP contribution in [0.15, 0.2) is 0 Å². The molecule has 0 aromatic carbocycles. The fraction of sp³-hybridized carbons (Fsp3) is 0.875. The Morgan fingerprint density at radius 3 is 3.00 bits per heavy atom. The molecule has 1 aliphatic rings. The normalized spacial score (nSPS) is 24.1. The predicted octanol–water partition coefficient (Wildman–Crippen LogP) is 2.16. The maximum Gasteiger partial charge on any atom is 0.407 e. The molecule has 1 fully saturated rings. The third-order valence-corrected chi connectivity index (χ3v) is 2.76. The lowest BCUT2D eigenvalue weighted by atomic mass is 9.96. The number of rotatable bonds is 2. The molecular formula is C8H14BrNO2. The van der Waals surface area contributed by atoms with Crippen molar-refractivity contribution in [2.45, 2.75) is 19.3 Å². The molecule has 4 heteroatoms. The van der Waals surface area contributed by atoms with Crippen molar-refractivity contribution in [3.05, 3.63) is 0 Å². The van der Waals surface area contributed by atoms with E-state index in [-0.39, 0.29) is 0 Å². The molecule has 0 aromatic rings. The molecule has 0 radical (unpaired) electrons. The maximum absolute atomic E-state index is 10.6. The predicted molar refractivity (Wildman–Crippen MR) is 50.7 cm³/mol. The van der Waals surface area contributed by atoms with Gasteiger partial charge in [-0.1, -0.05) is 15.9 Å². The molecule has 1 amide bonds. The Balaban J connectivity index is 2.35. The molecule has 0 aliphatic carbocycles. The van der Waals surface area contributed by atoms with Crippen LogP contribution in [-0.2, 0) is 0 Å². The maximum atomic E-state index is 10.6. The van der Waals surface area contributed by atoms with Gasteiger partial charge in [0.1, 0.15) is 0 Å². The number of carbonyl (C=O) groups is 1. The number of piperidine rings is 1. The van der Waals surface area contributed by atoms with Crippen LogP contribution in [0.1, 0.15) is 19.3 Å². The molecule has 1 atom stereocenters. The fourth-order valence-corrected chi connectivity index (χ4v) is 2.28. The van der Waals surface area contributed by atoms with Crippen molar-refractivity contribution in [1.82, 2.24) is 4.90 Å². The number of hydrogen-bond donors (Lipinski definition) is 1. The van der Waals surface area contributed by atoms with Gasteiger partial charge in [0.25, 0.3) is 0 Å². The van der Waals surface area contributed by atoms with E-state index in [0.717, 1.165) is 24.7 Å². The first-order valence-corrected chi connectivity index (χ1v) is 5.40. The second-order valence-electron chi connectivity index (χ2n) is 3.21. The van der Waals surface area contributed by atoms with Crippen molar-refractivity contribution < 1.29 is 9.90 Å². The summed E-state index contributed by atoms with van der Waals surface area (Å²) in [5.41, 5.74) is 0. The Hall–Kier alpha value is -0.250. The second-order valence-corrected chi connectivity index (χ2v) is 4.01. The van der Waals surface area contributed by atoms with E-state index in [1.807, 2.05) is 0 Å². The van der Waals surface area contributed by atoms with E-state index < -0.39 is 6.09 Å². The van der Waals surface area contributed by atoms with E-state index in [2.05, 4.69) is 15.9 Å². The highest BCUT2D eigenvalue weighted by Crippen LogP contribution is 2.20. The zero-order chi connectivity index (χ0) is 8.97. The number of amides is 1. The molecule has 0 bridgehead atoms. The van der Waals surface area contributed by atoms with Crippen molar-refractivity contribution in [3.63, 3.8) is 0 Å². The first-order valence-electron chi connectivity index (χ1n) is 4.28. The molecule has 70 valence electrons. The molecule has 3 nitrogen and oxygen atoms in total. The monoisotopic (exact) mass is 235 g/mol. The van der Waals surface area contributed by atoms with Crippen molar-refractivity contribution in [2.75, 3.05) is 18.4 Å². The Kier molecular flexibility index (Phi) is 3.85. The van der Waals surface area contributed by atoms with Crippen LogP contribution in [0.3, 0.4) is 0 Å². The molecule has 12 heavy (non-hydrogen) atoms. The first-order chi connectivity index (χ1) is 5.74. The summed E-state index contributed by atoms with van der Waals surface area (Å²) in [6.45, 7) is 1.44. The summed E-state index contributed by atoms with van der Waals surface area (Å²) in [7, 11) is 0. The van der Waals surface area contributed by atoms with Crippen LogP contribution in [0.4, 0.5) is 4.79 Å². The molecule has 1 aliphatic heterocycles. The van der Waals surface area contributed by atoms with Crippen LogP contribution in [0, 0.1) is 5.92 Å². The Morgan fingerprint density at radius 1 is 1.67 bits per heavy atom. The fourth-order valence-electron chi connectivity index (χ4n) is 1.63. The minimum atomic E-state index is -0.769. The van der Waals surface area contributed by atoms with E-state index in [4.69, 9.17) is 5.11 Å². The van der Waals surface area contributed by atoms with Crippen molar-refractivity contribution in [2.24, 2.45) is 5.92 Å². The van der Waals surface area contributed by atoms with Crippen LogP contribution in [-0.4, -0.2) is 34.5 Å². The van der Waals surface area contributed by atoms with Gasteiger partial charge in [0.2, 0.25) is 0 Å². The molecule has 1 N–H and O–H groups in total.